The van der Waals surface area contributed by atoms with E-state index < -0.39 is 23.5 Å². The summed E-state index contributed by atoms with van der Waals surface area (Å²) in [5.74, 6) is -1.05. The number of rotatable bonds is 7. The molecule has 136 valence electrons. The summed E-state index contributed by atoms with van der Waals surface area (Å²) in [6.07, 6.45) is -2.66. The van der Waals surface area contributed by atoms with Gasteiger partial charge < -0.3 is 14.2 Å². The minimum atomic E-state index is -4.68. The van der Waals surface area contributed by atoms with Crippen molar-refractivity contribution in [3.63, 3.8) is 0 Å². The molecule has 0 fully saturated rings. The standard InChI is InChI=1S/C19H15F3O4/c1-3-18(23)26-17-10-7-14(11-16(17)19(20,21)22)13-5-8-15(9-6-13)25-12-24-4-2/h3-11H,1-2,12H2. The van der Waals surface area contributed by atoms with Crippen molar-refractivity contribution in [2.75, 3.05) is 6.79 Å². The van der Waals surface area contributed by atoms with Crippen LogP contribution in [0.15, 0.2) is 68.0 Å². The van der Waals surface area contributed by atoms with Crippen molar-refractivity contribution in [1.29, 1.82) is 0 Å². The van der Waals surface area contributed by atoms with Crippen molar-refractivity contribution < 1.29 is 32.2 Å². The molecule has 0 aliphatic rings. The first-order valence-corrected chi connectivity index (χ1v) is 7.36. The highest BCUT2D eigenvalue weighted by atomic mass is 19.4. The Morgan fingerprint density at radius 1 is 1.04 bits per heavy atom. The Kier molecular flexibility index (Phi) is 6.06. The van der Waals surface area contributed by atoms with Crippen molar-refractivity contribution in [1.82, 2.24) is 0 Å². The Morgan fingerprint density at radius 2 is 1.69 bits per heavy atom. The number of carbonyl (C=O) groups excluding carboxylic acids is 1. The van der Waals surface area contributed by atoms with Crippen LogP contribution < -0.4 is 9.47 Å². The Balaban J connectivity index is 2.30. The minimum Gasteiger partial charge on any atom is -0.466 e. The molecule has 26 heavy (non-hydrogen) atoms. The molecule has 0 bridgehead atoms. The number of benzene rings is 2. The summed E-state index contributed by atoms with van der Waals surface area (Å²) < 4.78 is 54.6. The van der Waals surface area contributed by atoms with Gasteiger partial charge in [-0.1, -0.05) is 31.4 Å². The summed E-state index contributed by atoms with van der Waals surface area (Å²) >= 11 is 0. The number of carbonyl (C=O) groups is 1. The maximum absolute atomic E-state index is 13.3. The molecule has 0 N–H and O–H groups in total. The Hall–Kier alpha value is -3.22. The third-order valence-corrected chi connectivity index (χ3v) is 3.26. The molecular weight excluding hydrogens is 349 g/mol. The summed E-state index contributed by atoms with van der Waals surface area (Å²) in [4.78, 5) is 11.2. The van der Waals surface area contributed by atoms with E-state index in [1.807, 2.05) is 0 Å². The highest BCUT2D eigenvalue weighted by Gasteiger charge is 2.35. The predicted molar refractivity (Wildman–Crippen MR) is 89.5 cm³/mol. The van der Waals surface area contributed by atoms with Gasteiger partial charge in [0, 0.05) is 6.08 Å². The zero-order chi connectivity index (χ0) is 19.2. The molecule has 0 amide bonds. The number of halogens is 3. The molecular formula is C19H15F3O4. The van der Waals surface area contributed by atoms with Crippen LogP contribution >= 0.6 is 0 Å². The molecule has 0 aromatic heterocycles. The number of hydrogen-bond donors (Lipinski definition) is 0. The van der Waals surface area contributed by atoms with Crippen LogP contribution in [-0.4, -0.2) is 12.8 Å². The molecule has 0 unspecified atom stereocenters. The van der Waals surface area contributed by atoms with Crippen LogP contribution in [0.4, 0.5) is 13.2 Å². The lowest BCUT2D eigenvalue weighted by Gasteiger charge is -2.14. The lowest BCUT2D eigenvalue weighted by molar-refractivity contribution is -0.140. The zero-order valence-electron chi connectivity index (χ0n) is 13.6. The molecule has 7 heteroatoms. The van der Waals surface area contributed by atoms with Crippen LogP contribution in [0.2, 0.25) is 0 Å². The topological polar surface area (TPSA) is 44.8 Å². The van der Waals surface area contributed by atoms with Crippen molar-refractivity contribution in [3.05, 3.63) is 73.5 Å². The van der Waals surface area contributed by atoms with E-state index in [-0.39, 0.29) is 6.79 Å². The Morgan fingerprint density at radius 3 is 2.27 bits per heavy atom. The zero-order valence-corrected chi connectivity index (χ0v) is 13.6. The third-order valence-electron chi connectivity index (χ3n) is 3.26. The van der Waals surface area contributed by atoms with E-state index in [0.717, 1.165) is 18.2 Å². The van der Waals surface area contributed by atoms with Crippen LogP contribution in [-0.2, 0) is 15.7 Å². The molecule has 0 heterocycles. The first-order valence-electron chi connectivity index (χ1n) is 7.36. The summed E-state index contributed by atoms with van der Waals surface area (Å²) in [5, 5.41) is 0. The number of hydrogen-bond acceptors (Lipinski definition) is 4. The molecule has 0 saturated carbocycles. The third kappa shape index (κ3) is 4.89. The van der Waals surface area contributed by atoms with E-state index in [9.17, 15) is 18.0 Å². The second-order valence-corrected chi connectivity index (χ2v) is 4.95. The molecule has 2 aromatic carbocycles. The SMILES string of the molecule is C=COCOc1ccc(-c2ccc(OC(=O)C=C)c(C(F)(F)F)c2)cc1. The van der Waals surface area contributed by atoms with Gasteiger partial charge in [0.15, 0.2) is 0 Å². The normalized spacial score (nSPS) is 10.7. The maximum Gasteiger partial charge on any atom is 0.420 e. The van der Waals surface area contributed by atoms with E-state index in [2.05, 4.69) is 17.9 Å². The van der Waals surface area contributed by atoms with Gasteiger partial charge >= 0.3 is 12.1 Å². The quantitative estimate of drug-likeness (QED) is 0.174. The van der Waals surface area contributed by atoms with E-state index >= 15 is 0 Å². The molecule has 0 saturated heterocycles. The fourth-order valence-electron chi connectivity index (χ4n) is 2.06. The average molecular weight is 364 g/mol. The van der Waals surface area contributed by atoms with E-state index in [1.54, 1.807) is 24.3 Å². The molecule has 0 spiro atoms. The smallest absolute Gasteiger partial charge is 0.420 e. The first kappa shape index (κ1) is 19.1. The van der Waals surface area contributed by atoms with Gasteiger partial charge in [-0.2, -0.15) is 13.2 Å². The van der Waals surface area contributed by atoms with Crippen LogP contribution in [0.25, 0.3) is 11.1 Å². The van der Waals surface area contributed by atoms with Gasteiger partial charge in [0.05, 0.1) is 11.8 Å². The van der Waals surface area contributed by atoms with E-state index in [1.165, 1.54) is 12.3 Å². The molecule has 0 aliphatic carbocycles. The number of alkyl halides is 3. The second-order valence-electron chi connectivity index (χ2n) is 4.95. The van der Waals surface area contributed by atoms with Crippen molar-refractivity contribution in [2.24, 2.45) is 0 Å². The maximum atomic E-state index is 13.3. The highest BCUT2D eigenvalue weighted by Crippen LogP contribution is 2.39. The average Bonchev–Trinajstić information content (AvgIpc) is 2.62. The second kappa shape index (κ2) is 8.24. The van der Waals surface area contributed by atoms with Gasteiger partial charge in [-0.3, -0.25) is 0 Å². The fraction of sp³-hybridized carbons (Fsp3) is 0.105. The van der Waals surface area contributed by atoms with E-state index in [4.69, 9.17) is 9.47 Å². The van der Waals surface area contributed by atoms with Crippen LogP contribution in [0.1, 0.15) is 5.56 Å². The van der Waals surface area contributed by atoms with Gasteiger partial charge in [-0.25, -0.2) is 4.79 Å². The molecule has 0 atom stereocenters. The summed E-state index contributed by atoms with van der Waals surface area (Å²) in [6.45, 7) is 6.52. The van der Waals surface area contributed by atoms with Gasteiger partial charge in [0.2, 0.25) is 6.79 Å². The fourth-order valence-corrected chi connectivity index (χ4v) is 2.06. The van der Waals surface area contributed by atoms with Gasteiger partial charge in [-0.05, 0) is 35.4 Å². The van der Waals surface area contributed by atoms with Gasteiger partial charge in [-0.15, -0.1) is 0 Å². The van der Waals surface area contributed by atoms with Crippen molar-refractivity contribution in [3.8, 4) is 22.6 Å². The molecule has 0 aliphatic heterocycles. The minimum absolute atomic E-state index is 0.0234. The predicted octanol–water partition coefficient (Wildman–Crippen LogP) is 4.96. The lowest BCUT2D eigenvalue weighted by atomic mass is 10.0. The monoisotopic (exact) mass is 364 g/mol. The van der Waals surface area contributed by atoms with Crippen LogP contribution in [0.3, 0.4) is 0 Å². The summed E-state index contributed by atoms with van der Waals surface area (Å²) in [6, 6.07) is 9.85. The lowest BCUT2D eigenvalue weighted by Crippen LogP contribution is -2.12. The number of esters is 1. The van der Waals surface area contributed by atoms with Crippen molar-refractivity contribution in [2.45, 2.75) is 6.18 Å². The van der Waals surface area contributed by atoms with Crippen LogP contribution in [0.5, 0.6) is 11.5 Å². The molecule has 0 radical (unpaired) electrons. The largest absolute Gasteiger partial charge is 0.466 e. The van der Waals surface area contributed by atoms with E-state index in [0.29, 0.717) is 16.9 Å². The number of ether oxygens (including phenoxy) is 3. The van der Waals surface area contributed by atoms with Crippen molar-refractivity contribution >= 4 is 5.97 Å². The molecule has 4 nitrogen and oxygen atoms in total. The van der Waals surface area contributed by atoms with Crippen LogP contribution in [0, 0.1) is 0 Å². The molecule has 2 rings (SSSR count). The first-order chi connectivity index (χ1) is 12.3. The highest BCUT2D eigenvalue weighted by molar-refractivity contribution is 5.84. The molecule has 2 aromatic rings. The Bertz CT molecular complexity index is 795. The Labute approximate surface area is 148 Å². The van der Waals surface area contributed by atoms with Gasteiger partial charge in [0.25, 0.3) is 0 Å². The van der Waals surface area contributed by atoms with Gasteiger partial charge in [0.1, 0.15) is 11.5 Å². The summed E-state index contributed by atoms with van der Waals surface area (Å²) in [7, 11) is 0. The summed E-state index contributed by atoms with van der Waals surface area (Å²) in [5.41, 5.74) is -0.205.